The maximum Gasteiger partial charge on any atom is 0.327 e. The van der Waals surface area contributed by atoms with Crippen LogP contribution in [0.25, 0.3) is 0 Å². The third-order valence-electron chi connectivity index (χ3n) is 4.74. The number of aliphatic hydroxyl groups is 1. The number of carbonyl (C=O) groups excluding carboxylic acids is 3. The Morgan fingerprint density at radius 1 is 1.17 bits per heavy atom. The molecule has 4 unspecified atom stereocenters. The summed E-state index contributed by atoms with van der Waals surface area (Å²) in [6.45, 7) is 0.157. The SMILES string of the molecule is NCCCCC(N)C(=O)N1CCCC1C(=O)NC(CO)C(=O)NC(CS)C(=O)O. The molecule has 0 radical (unpaired) electrons. The van der Waals surface area contributed by atoms with Gasteiger partial charge in [-0.15, -0.1) is 0 Å². The molecule has 11 nitrogen and oxygen atoms in total. The molecule has 0 aliphatic carbocycles. The van der Waals surface area contributed by atoms with Gasteiger partial charge in [-0.1, -0.05) is 6.42 Å². The first-order chi connectivity index (χ1) is 13.8. The molecule has 1 saturated heterocycles. The summed E-state index contributed by atoms with van der Waals surface area (Å²) in [5.74, 6) is -3.23. The quantitative estimate of drug-likeness (QED) is 0.129. The Kier molecular flexibility index (Phi) is 10.9. The molecule has 0 spiro atoms. The van der Waals surface area contributed by atoms with E-state index in [2.05, 4.69) is 23.3 Å². The first-order valence-corrected chi connectivity index (χ1v) is 10.2. The maximum atomic E-state index is 12.6. The summed E-state index contributed by atoms with van der Waals surface area (Å²) in [4.78, 5) is 49.8. The van der Waals surface area contributed by atoms with Crippen molar-refractivity contribution in [2.24, 2.45) is 11.5 Å². The Labute approximate surface area is 175 Å². The van der Waals surface area contributed by atoms with Gasteiger partial charge in [0.1, 0.15) is 18.1 Å². The first-order valence-electron chi connectivity index (χ1n) is 9.58. The van der Waals surface area contributed by atoms with E-state index >= 15 is 0 Å². The maximum absolute atomic E-state index is 12.6. The third-order valence-corrected chi connectivity index (χ3v) is 5.10. The number of unbranched alkanes of at least 4 members (excludes halogenated alkanes) is 1. The van der Waals surface area contributed by atoms with E-state index in [-0.39, 0.29) is 11.7 Å². The number of rotatable bonds is 12. The Hall–Kier alpha value is -1.89. The fourth-order valence-electron chi connectivity index (χ4n) is 3.07. The number of aliphatic carboxylic acids is 1. The molecule has 1 aliphatic rings. The molecular formula is C17H31N5O6S. The van der Waals surface area contributed by atoms with Crippen LogP contribution in [0, 0.1) is 0 Å². The minimum atomic E-state index is -1.35. The largest absolute Gasteiger partial charge is 0.480 e. The van der Waals surface area contributed by atoms with Crippen LogP contribution in [-0.4, -0.2) is 88.4 Å². The lowest BCUT2D eigenvalue weighted by Crippen LogP contribution is -2.57. The standard InChI is InChI=1S/C17H31N5O6S/c18-6-2-1-4-10(19)16(26)22-7-3-5-13(22)15(25)20-11(8-23)14(24)21-12(9-29)17(27)28/h10-13,23,29H,1-9,18-19H2,(H,20,25)(H,21,24)(H,27,28). The van der Waals surface area contributed by atoms with Crippen LogP contribution in [0.5, 0.6) is 0 Å². The first kappa shape index (κ1) is 25.1. The van der Waals surface area contributed by atoms with Crippen molar-refractivity contribution in [2.45, 2.75) is 56.3 Å². The van der Waals surface area contributed by atoms with E-state index in [0.717, 1.165) is 6.42 Å². The van der Waals surface area contributed by atoms with E-state index in [9.17, 15) is 24.3 Å². The van der Waals surface area contributed by atoms with Gasteiger partial charge in [-0.05, 0) is 32.2 Å². The summed E-state index contributed by atoms with van der Waals surface area (Å²) in [5.41, 5.74) is 11.4. The Balaban J connectivity index is 2.71. The summed E-state index contributed by atoms with van der Waals surface area (Å²) in [7, 11) is 0. The fraction of sp³-hybridized carbons (Fsp3) is 0.765. The minimum Gasteiger partial charge on any atom is -0.480 e. The molecule has 12 heteroatoms. The van der Waals surface area contributed by atoms with E-state index in [0.29, 0.717) is 38.8 Å². The van der Waals surface area contributed by atoms with Crippen molar-refractivity contribution in [3.8, 4) is 0 Å². The summed E-state index contributed by atoms with van der Waals surface area (Å²) >= 11 is 3.84. The molecule has 29 heavy (non-hydrogen) atoms. The average Bonchev–Trinajstić information content (AvgIpc) is 3.18. The van der Waals surface area contributed by atoms with Crippen LogP contribution in [0.1, 0.15) is 32.1 Å². The van der Waals surface area contributed by atoms with Gasteiger partial charge in [-0.2, -0.15) is 12.6 Å². The monoisotopic (exact) mass is 433 g/mol. The minimum absolute atomic E-state index is 0.153. The van der Waals surface area contributed by atoms with Crippen LogP contribution in [0.3, 0.4) is 0 Å². The fourth-order valence-corrected chi connectivity index (χ4v) is 3.32. The molecule has 0 aromatic carbocycles. The van der Waals surface area contributed by atoms with E-state index in [4.69, 9.17) is 16.6 Å². The normalized spacial score (nSPS) is 19.3. The van der Waals surface area contributed by atoms with Gasteiger partial charge >= 0.3 is 5.97 Å². The lowest BCUT2D eigenvalue weighted by atomic mass is 10.1. The van der Waals surface area contributed by atoms with E-state index < -0.39 is 48.6 Å². The molecule has 166 valence electrons. The average molecular weight is 434 g/mol. The lowest BCUT2D eigenvalue weighted by molar-refractivity contribution is -0.143. The van der Waals surface area contributed by atoms with Gasteiger partial charge in [-0.3, -0.25) is 14.4 Å². The zero-order valence-electron chi connectivity index (χ0n) is 16.2. The number of carboxylic acid groups (broad SMARTS) is 1. The number of amides is 3. The highest BCUT2D eigenvalue weighted by atomic mass is 32.1. The van der Waals surface area contributed by atoms with Gasteiger partial charge in [0, 0.05) is 12.3 Å². The molecule has 1 heterocycles. The summed E-state index contributed by atoms with van der Waals surface area (Å²) in [5, 5.41) is 23.0. The van der Waals surface area contributed by atoms with Gasteiger partial charge in [0.2, 0.25) is 17.7 Å². The second kappa shape index (κ2) is 12.6. The van der Waals surface area contributed by atoms with E-state index in [1.807, 2.05) is 0 Å². The van der Waals surface area contributed by atoms with Crippen LogP contribution in [0.2, 0.25) is 0 Å². The number of likely N-dealkylation sites (tertiary alicyclic amines) is 1. The number of hydrogen-bond acceptors (Lipinski definition) is 8. The second-order valence-electron chi connectivity index (χ2n) is 6.91. The zero-order valence-corrected chi connectivity index (χ0v) is 17.1. The smallest absolute Gasteiger partial charge is 0.327 e. The van der Waals surface area contributed by atoms with Crippen LogP contribution >= 0.6 is 12.6 Å². The van der Waals surface area contributed by atoms with Crippen molar-refractivity contribution in [1.29, 1.82) is 0 Å². The van der Waals surface area contributed by atoms with Crippen LogP contribution < -0.4 is 22.1 Å². The number of nitrogens with two attached hydrogens (primary N) is 2. The molecule has 0 saturated carbocycles. The number of aliphatic hydroxyl groups excluding tert-OH is 1. The number of nitrogens with zero attached hydrogens (tertiary/aromatic N) is 1. The molecule has 0 aromatic rings. The molecule has 1 rings (SSSR count). The second-order valence-corrected chi connectivity index (χ2v) is 7.27. The topological polar surface area (TPSA) is 188 Å². The molecule has 4 atom stereocenters. The molecule has 8 N–H and O–H groups in total. The van der Waals surface area contributed by atoms with Crippen molar-refractivity contribution < 1.29 is 29.4 Å². The molecule has 1 fully saturated rings. The van der Waals surface area contributed by atoms with Crippen molar-refractivity contribution >= 4 is 36.3 Å². The summed E-state index contributed by atoms with van der Waals surface area (Å²) < 4.78 is 0. The van der Waals surface area contributed by atoms with E-state index in [1.54, 1.807) is 0 Å². The molecule has 1 aliphatic heterocycles. The summed E-state index contributed by atoms with van der Waals surface area (Å²) in [6.07, 6.45) is 2.93. The lowest BCUT2D eigenvalue weighted by Gasteiger charge is -2.28. The number of carbonyl (C=O) groups is 4. The highest BCUT2D eigenvalue weighted by Gasteiger charge is 2.37. The zero-order chi connectivity index (χ0) is 22.0. The molecule has 0 bridgehead atoms. The molecule has 0 aromatic heterocycles. The van der Waals surface area contributed by atoms with Crippen molar-refractivity contribution in [3.63, 3.8) is 0 Å². The van der Waals surface area contributed by atoms with Crippen LogP contribution in [0.15, 0.2) is 0 Å². The van der Waals surface area contributed by atoms with Crippen molar-refractivity contribution in [2.75, 3.05) is 25.4 Å². The number of nitrogens with one attached hydrogen (secondary N) is 2. The van der Waals surface area contributed by atoms with Crippen molar-refractivity contribution in [3.05, 3.63) is 0 Å². The number of hydrogen-bond donors (Lipinski definition) is 7. The van der Waals surface area contributed by atoms with Crippen molar-refractivity contribution in [1.82, 2.24) is 15.5 Å². The highest BCUT2D eigenvalue weighted by Crippen LogP contribution is 2.19. The molecular weight excluding hydrogens is 402 g/mol. The van der Waals surface area contributed by atoms with Gasteiger partial charge in [-0.25, -0.2) is 4.79 Å². The Bertz CT molecular complexity index is 593. The molecule has 3 amide bonds. The number of carboxylic acids is 1. The Morgan fingerprint density at radius 2 is 1.86 bits per heavy atom. The van der Waals surface area contributed by atoms with Gasteiger partial charge in [0.25, 0.3) is 0 Å². The van der Waals surface area contributed by atoms with E-state index in [1.165, 1.54) is 4.90 Å². The van der Waals surface area contributed by atoms with Gasteiger partial charge in [0.15, 0.2) is 0 Å². The summed E-state index contributed by atoms with van der Waals surface area (Å²) in [6, 6.07) is -4.14. The predicted octanol–water partition coefficient (Wildman–Crippen LogP) is -2.59. The van der Waals surface area contributed by atoms with Crippen LogP contribution in [0.4, 0.5) is 0 Å². The number of thiol groups is 1. The third kappa shape index (κ3) is 7.46. The van der Waals surface area contributed by atoms with Crippen LogP contribution in [-0.2, 0) is 19.2 Å². The predicted molar refractivity (Wildman–Crippen MR) is 108 cm³/mol. The van der Waals surface area contributed by atoms with Gasteiger partial charge in [0.05, 0.1) is 12.6 Å². The van der Waals surface area contributed by atoms with Gasteiger partial charge < -0.3 is 37.2 Å². The Morgan fingerprint density at radius 3 is 2.41 bits per heavy atom. The highest BCUT2D eigenvalue weighted by molar-refractivity contribution is 7.80.